The number of benzene rings is 2. The van der Waals surface area contributed by atoms with Crippen LogP contribution < -0.4 is 15.5 Å². The van der Waals surface area contributed by atoms with E-state index in [-0.39, 0.29) is 29.8 Å². The minimum atomic E-state index is -4.43. The second-order valence-corrected chi connectivity index (χ2v) is 10.0. The van der Waals surface area contributed by atoms with Gasteiger partial charge in [0.05, 0.1) is 27.2 Å². The minimum absolute atomic E-state index is 0.202. The van der Waals surface area contributed by atoms with Crippen LogP contribution in [0.5, 0.6) is 0 Å². The molecule has 2 aromatic carbocycles. The number of carbonyl (C=O) groups excluding carboxylic acids is 1. The Labute approximate surface area is 213 Å². The average Bonchev–Trinajstić information content (AvgIpc) is 2.80. The topological polar surface area (TPSA) is 70.2 Å². The number of nitrogens with zero attached hydrogens (tertiary/aromatic N) is 3. The van der Waals surface area contributed by atoms with Crippen LogP contribution in [-0.2, 0) is 12.0 Å². The molecular weight excluding hydrogens is 522 g/mol. The van der Waals surface area contributed by atoms with Crippen molar-refractivity contribution in [2.45, 2.75) is 30.1 Å². The molecule has 35 heavy (non-hydrogen) atoms. The number of aromatic nitrogens is 2. The molecule has 0 aliphatic carbocycles. The molecule has 0 radical (unpaired) electrons. The van der Waals surface area contributed by atoms with Crippen molar-refractivity contribution in [2.24, 2.45) is 0 Å². The minimum Gasteiger partial charge on any atom is -0.324 e. The molecule has 182 valence electrons. The van der Waals surface area contributed by atoms with E-state index in [9.17, 15) is 18.0 Å². The Hall–Kier alpha value is -2.53. The van der Waals surface area contributed by atoms with E-state index in [2.05, 4.69) is 20.6 Å². The molecule has 6 nitrogen and oxygen atoms in total. The first-order valence-electron chi connectivity index (χ1n) is 10.6. The van der Waals surface area contributed by atoms with Crippen molar-refractivity contribution in [3.05, 3.63) is 69.3 Å². The number of rotatable bonds is 3. The lowest BCUT2D eigenvalue weighted by atomic mass is 9.83. The number of hydrogen-bond acceptors (Lipinski definition) is 6. The van der Waals surface area contributed by atoms with Gasteiger partial charge in [-0.15, -0.1) is 0 Å². The van der Waals surface area contributed by atoms with Crippen LogP contribution in [0, 0.1) is 0 Å². The molecule has 0 saturated carbocycles. The van der Waals surface area contributed by atoms with Gasteiger partial charge in [-0.2, -0.15) is 13.2 Å². The number of amides is 1. The fraction of sp³-hybridized carbons (Fsp3) is 0.261. The van der Waals surface area contributed by atoms with Crippen molar-refractivity contribution < 1.29 is 18.0 Å². The van der Waals surface area contributed by atoms with Crippen molar-refractivity contribution in [3.63, 3.8) is 0 Å². The van der Waals surface area contributed by atoms with E-state index in [1.54, 1.807) is 30.3 Å². The first-order valence-corrected chi connectivity index (χ1v) is 12.3. The van der Waals surface area contributed by atoms with Crippen LogP contribution in [0.4, 0.5) is 30.5 Å². The Morgan fingerprint density at radius 3 is 2.66 bits per heavy atom. The zero-order valence-corrected chi connectivity index (χ0v) is 20.5. The maximum Gasteiger partial charge on any atom is 0.410 e. The zero-order valence-electron chi connectivity index (χ0n) is 18.2. The Morgan fingerprint density at radius 1 is 1.20 bits per heavy atom. The molecule has 1 atom stereocenters. The second kappa shape index (κ2) is 8.85. The van der Waals surface area contributed by atoms with Crippen LogP contribution in [0.15, 0.2) is 47.6 Å². The van der Waals surface area contributed by atoms with Gasteiger partial charge in [-0.25, -0.2) is 9.97 Å². The van der Waals surface area contributed by atoms with Gasteiger partial charge in [-0.05, 0) is 48.7 Å². The van der Waals surface area contributed by atoms with Crippen LogP contribution in [-0.4, -0.2) is 34.5 Å². The van der Waals surface area contributed by atoms with Crippen LogP contribution in [0.1, 0.15) is 28.4 Å². The molecule has 0 spiro atoms. The third kappa shape index (κ3) is 4.22. The van der Waals surface area contributed by atoms with Crippen molar-refractivity contribution in [2.75, 3.05) is 22.6 Å². The van der Waals surface area contributed by atoms with E-state index in [0.717, 1.165) is 6.92 Å². The van der Waals surface area contributed by atoms with Crippen LogP contribution in [0.3, 0.4) is 0 Å². The summed E-state index contributed by atoms with van der Waals surface area (Å²) in [6.45, 7) is 1.37. The Bertz CT molecular complexity index is 1320. The maximum absolute atomic E-state index is 13.7. The highest BCUT2D eigenvalue weighted by Crippen LogP contribution is 2.43. The lowest BCUT2D eigenvalue weighted by molar-refractivity contribution is -0.196. The molecular formula is C23H18Cl2F3N5OS. The molecule has 2 N–H and O–H groups in total. The summed E-state index contributed by atoms with van der Waals surface area (Å²) in [5.74, 6) is 0.168. The largest absolute Gasteiger partial charge is 0.410 e. The van der Waals surface area contributed by atoms with Crippen LogP contribution in [0.25, 0.3) is 0 Å². The van der Waals surface area contributed by atoms with E-state index in [1.165, 1.54) is 28.9 Å². The van der Waals surface area contributed by atoms with E-state index in [0.29, 0.717) is 44.0 Å². The predicted octanol–water partition coefficient (Wildman–Crippen LogP) is 6.16. The second-order valence-electron chi connectivity index (χ2n) is 8.29. The number of carbonyl (C=O) groups is 1. The summed E-state index contributed by atoms with van der Waals surface area (Å²) < 4.78 is 41.0. The molecule has 1 aromatic heterocycles. The monoisotopic (exact) mass is 539 g/mol. The summed E-state index contributed by atoms with van der Waals surface area (Å²) in [4.78, 5) is 23.3. The molecule has 3 heterocycles. The van der Waals surface area contributed by atoms with Crippen molar-refractivity contribution in [3.8, 4) is 0 Å². The first-order chi connectivity index (χ1) is 16.6. The van der Waals surface area contributed by atoms with Gasteiger partial charge in [0, 0.05) is 18.4 Å². The summed E-state index contributed by atoms with van der Waals surface area (Å²) in [7, 11) is 0. The summed E-state index contributed by atoms with van der Waals surface area (Å²) >= 11 is 13.9. The van der Waals surface area contributed by atoms with E-state index in [4.69, 9.17) is 23.2 Å². The van der Waals surface area contributed by atoms with Gasteiger partial charge in [0.25, 0.3) is 5.91 Å². The molecule has 0 saturated heterocycles. The van der Waals surface area contributed by atoms with E-state index < -0.39 is 11.7 Å². The number of nitrogens with one attached hydrogen (secondary N) is 2. The zero-order chi connectivity index (χ0) is 25.0. The standard InChI is InChI=1S/C23H18Cl2F3N5OS/c1-22(23(26,27)28)15-6-5-13(9-12(15)7-8-30-22)31-21-29-10-14-19(32-21)35-11-33(20(14)34)18-16(24)3-2-4-17(18)25/h2-6,9-10,30H,7-8,11H2,1H3,(H,29,31,32). The molecule has 1 unspecified atom stereocenters. The highest BCUT2D eigenvalue weighted by atomic mass is 35.5. The van der Waals surface area contributed by atoms with E-state index >= 15 is 0 Å². The number of fused-ring (bicyclic) bond motifs is 2. The Morgan fingerprint density at radius 2 is 1.94 bits per heavy atom. The van der Waals surface area contributed by atoms with Crippen molar-refractivity contribution in [1.82, 2.24) is 15.3 Å². The fourth-order valence-corrected chi connectivity index (χ4v) is 5.76. The lowest BCUT2D eigenvalue weighted by Crippen LogP contribution is -2.55. The van der Waals surface area contributed by atoms with Gasteiger partial charge < -0.3 is 5.32 Å². The molecule has 3 aromatic rings. The lowest BCUT2D eigenvalue weighted by Gasteiger charge is -2.38. The molecule has 5 rings (SSSR count). The maximum atomic E-state index is 13.7. The number of hydrogen-bond donors (Lipinski definition) is 2. The molecule has 0 fully saturated rings. The molecule has 2 aliphatic heterocycles. The van der Waals surface area contributed by atoms with E-state index in [1.807, 2.05) is 0 Å². The highest BCUT2D eigenvalue weighted by Gasteiger charge is 2.54. The quantitative estimate of drug-likeness (QED) is 0.388. The van der Waals surface area contributed by atoms with Gasteiger partial charge in [-0.3, -0.25) is 15.0 Å². The smallest absolute Gasteiger partial charge is 0.324 e. The van der Waals surface area contributed by atoms with Gasteiger partial charge in [-0.1, -0.05) is 47.1 Å². The molecule has 0 bridgehead atoms. The van der Waals surface area contributed by atoms with Gasteiger partial charge in [0.1, 0.15) is 10.6 Å². The number of halogens is 5. The SMILES string of the molecule is CC1(C(F)(F)F)NCCc2cc(Nc3ncc4c(n3)SCN(c3c(Cl)cccc3Cl)C4=O)ccc21. The highest BCUT2D eigenvalue weighted by molar-refractivity contribution is 7.99. The number of para-hydroxylation sites is 1. The Kier molecular flexibility index (Phi) is 6.11. The normalized spacial score (nSPS) is 19.8. The molecule has 1 amide bonds. The number of thioether (sulfide) groups is 1. The summed E-state index contributed by atoms with van der Waals surface area (Å²) in [5, 5.41) is 6.84. The van der Waals surface area contributed by atoms with Crippen molar-refractivity contribution >= 4 is 58.2 Å². The average molecular weight is 540 g/mol. The molecule has 12 heteroatoms. The summed E-state index contributed by atoms with van der Waals surface area (Å²) in [6.07, 6.45) is -2.54. The third-order valence-electron chi connectivity index (χ3n) is 6.11. The number of anilines is 3. The third-order valence-corrected chi connectivity index (χ3v) is 7.69. The Balaban J connectivity index is 1.39. The van der Waals surface area contributed by atoms with Gasteiger partial charge in [0.15, 0.2) is 0 Å². The predicted molar refractivity (Wildman–Crippen MR) is 131 cm³/mol. The van der Waals surface area contributed by atoms with Gasteiger partial charge >= 0.3 is 6.18 Å². The molecule has 2 aliphatic rings. The summed E-state index contributed by atoms with van der Waals surface area (Å²) in [5.41, 5.74) is -0.00644. The van der Waals surface area contributed by atoms with Crippen LogP contribution >= 0.6 is 35.0 Å². The van der Waals surface area contributed by atoms with Gasteiger partial charge in [0.2, 0.25) is 5.95 Å². The fourth-order valence-electron chi connectivity index (χ4n) is 4.22. The first kappa shape index (κ1) is 24.2. The van der Waals surface area contributed by atoms with Crippen LogP contribution in [0.2, 0.25) is 10.0 Å². The number of alkyl halides is 3. The summed E-state index contributed by atoms with van der Waals surface area (Å²) in [6, 6.07) is 9.74. The van der Waals surface area contributed by atoms with Crippen molar-refractivity contribution in [1.29, 1.82) is 0 Å².